The third kappa shape index (κ3) is 16.9. The average Bonchev–Trinajstić information content (AvgIpc) is 3.79. The van der Waals surface area contributed by atoms with Gasteiger partial charge >= 0.3 is 5.97 Å². The third-order valence-electron chi connectivity index (χ3n) is 13.1. The fraction of sp³-hybridized carbons (Fsp3) is 0.577. The number of carbonyl (C=O) groups is 5. The number of carbonyl (C=O) groups excluding carboxylic acids is 4. The zero-order chi connectivity index (χ0) is 49.3. The van der Waals surface area contributed by atoms with Crippen molar-refractivity contribution in [3.05, 3.63) is 87.9 Å². The van der Waals surface area contributed by atoms with Gasteiger partial charge in [-0.2, -0.15) is 0 Å². The van der Waals surface area contributed by atoms with Crippen LogP contribution in [0.3, 0.4) is 0 Å². The van der Waals surface area contributed by atoms with E-state index < -0.39 is 24.0 Å². The second-order valence-corrected chi connectivity index (χ2v) is 22.1. The number of rotatable bonds is 27. The number of nitrogens with zero attached hydrogens (tertiary/aromatic N) is 3. The molecule has 4 rings (SSSR count). The molecule has 0 spiro atoms. The van der Waals surface area contributed by atoms with E-state index in [1.807, 2.05) is 43.9 Å². The first-order valence-electron chi connectivity index (χ1n) is 24.0. The number of allylic oxidation sites excluding steroid dienone is 1. The number of ether oxygens (including phenoxy) is 1. The first kappa shape index (κ1) is 55.6. The zero-order valence-corrected chi connectivity index (χ0v) is 43.5. The number of phenols is 1. The van der Waals surface area contributed by atoms with Crippen molar-refractivity contribution in [2.75, 3.05) is 26.7 Å². The van der Waals surface area contributed by atoms with Gasteiger partial charge in [-0.1, -0.05) is 84.4 Å². The summed E-state index contributed by atoms with van der Waals surface area (Å²) in [6.07, 6.45) is 9.02. The lowest BCUT2D eigenvalue weighted by molar-refractivity contribution is -0.942. The van der Waals surface area contributed by atoms with E-state index in [2.05, 4.69) is 51.3 Å². The molecule has 1 aliphatic heterocycles. The Morgan fingerprint density at radius 3 is 2.27 bits per heavy atom. The van der Waals surface area contributed by atoms with E-state index in [1.165, 1.54) is 32.9 Å². The number of likely N-dealkylation sites (N-methyl/N-ethyl adjacent to an activating group) is 1. The molecule has 1 saturated heterocycles. The lowest BCUT2D eigenvalue weighted by Crippen LogP contribution is -2.63. The second-order valence-electron chi connectivity index (χ2n) is 18.8. The number of quaternary nitrogens is 1. The second kappa shape index (κ2) is 27.2. The number of piperidine rings is 1. The van der Waals surface area contributed by atoms with E-state index in [-0.39, 0.29) is 64.7 Å². The molecule has 2 amide bonds. The quantitative estimate of drug-likeness (QED) is 0.0288. The lowest BCUT2D eigenvalue weighted by atomic mass is 9.86. The molecule has 12 nitrogen and oxygen atoms in total. The van der Waals surface area contributed by atoms with E-state index in [4.69, 9.17) is 9.72 Å². The number of likely N-dealkylation sites (tertiary alicyclic amines) is 1. The number of phenolic OH excluding ortho intramolecular Hbond substituents is 1. The Morgan fingerprint density at radius 2 is 1.66 bits per heavy atom. The standard InChI is InChI=1S/C52H74N4O8S3/c1-10-13-15-26-55(51(61)48(35(6)11-2)54-49(60)45-17-14-16-27-56(45,9)32-39-20-24-42(25-21-39)67-66-37(8)57)44(34(4)5)31-47(64-12-3)50-53-43(33-65-50)46(59)30-40(28-36(7)52(62)63)29-38-18-22-41(58)23-19-38/h13,15,18-25,33-36,40,44-45,47-48H,10-12,14,16-17,26-32H2,1-9H3,(H2-,54,58,60,62,63)/p+1/b15-13+/t35?,36-,40+,44+,45+,47+,48-,56?/m0/s1. The topological polar surface area (TPSA) is 163 Å². The minimum atomic E-state index is -0.920. The Bertz CT molecular complexity index is 2090. The number of Topliss-reactive ketones (excluding diaryl/α,β-unsaturated/α-hetero) is 1. The number of hydrogen-bond donors (Lipinski definition) is 3. The van der Waals surface area contributed by atoms with E-state index in [0.717, 1.165) is 48.3 Å². The van der Waals surface area contributed by atoms with Gasteiger partial charge in [-0.15, -0.1) is 11.3 Å². The average molecular weight is 980 g/mol. The molecule has 67 heavy (non-hydrogen) atoms. The highest BCUT2D eigenvalue weighted by Crippen LogP contribution is 2.35. The summed E-state index contributed by atoms with van der Waals surface area (Å²) in [6, 6.07) is 13.6. The Labute approximate surface area is 411 Å². The Morgan fingerprint density at radius 1 is 0.970 bits per heavy atom. The smallest absolute Gasteiger partial charge is 0.306 e. The fourth-order valence-corrected chi connectivity index (χ4v) is 11.4. The van der Waals surface area contributed by atoms with Gasteiger partial charge in [0.15, 0.2) is 16.9 Å². The summed E-state index contributed by atoms with van der Waals surface area (Å²) in [7, 11) is 4.80. The molecule has 0 aliphatic carbocycles. The van der Waals surface area contributed by atoms with Gasteiger partial charge in [0.25, 0.3) is 5.91 Å². The Kier molecular flexibility index (Phi) is 22.6. The maximum atomic E-state index is 15.2. The van der Waals surface area contributed by atoms with Gasteiger partial charge in [-0.3, -0.25) is 24.0 Å². The van der Waals surface area contributed by atoms with Crippen molar-refractivity contribution < 1.29 is 43.4 Å². The van der Waals surface area contributed by atoms with E-state index in [0.29, 0.717) is 60.6 Å². The van der Waals surface area contributed by atoms with Gasteiger partial charge < -0.3 is 29.6 Å². The Hall–Kier alpha value is -4.02. The number of nitrogens with one attached hydrogen (secondary N) is 1. The van der Waals surface area contributed by atoms with Crippen LogP contribution in [0.15, 0.2) is 71.0 Å². The van der Waals surface area contributed by atoms with E-state index in [1.54, 1.807) is 43.5 Å². The number of benzene rings is 2. The number of ketones is 1. The molecule has 0 radical (unpaired) electrons. The van der Waals surface area contributed by atoms with Crippen molar-refractivity contribution in [3.8, 4) is 5.75 Å². The van der Waals surface area contributed by atoms with Crippen LogP contribution in [-0.4, -0.2) is 98.1 Å². The van der Waals surface area contributed by atoms with Crippen molar-refractivity contribution in [2.24, 2.45) is 23.7 Å². The molecule has 2 unspecified atom stereocenters. The van der Waals surface area contributed by atoms with Gasteiger partial charge in [0.1, 0.15) is 35.1 Å². The molecular weight excluding hydrogens is 905 g/mol. The minimum absolute atomic E-state index is 0.00249. The molecule has 1 aromatic heterocycles. The molecule has 8 atom stereocenters. The molecule has 15 heteroatoms. The number of aromatic hydroxyl groups is 1. The number of thiazole rings is 1. The van der Waals surface area contributed by atoms with Gasteiger partial charge in [0.2, 0.25) is 5.91 Å². The number of carboxylic acid groups (broad SMARTS) is 1. The largest absolute Gasteiger partial charge is 0.508 e. The first-order valence-corrected chi connectivity index (χ1v) is 27.1. The van der Waals surface area contributed by atoms with Gasteiger partial charge in [-0.05, 0) is 108 Å². The summed E-state index contributed by atoms with van der Waals surface area (Å²) in [5.74, 6) is -2.26. The summed E-state index contributed by atoms with van der Waals surface area (Å²) in [5, 5.41) is 25.3. The predicted octanol–water partition coefficient (Wildman–Crippen LogP) is 10.7. The molecule has 2 heterocycles. The molecule has 368 valence electrons. The molecule has 0 bridgehead atoms. The lowest BCUT2D eigenvalue weighted by Gasteiger charge is -2.45. The molecule has 1 fully saturated rings. The number of aliphatic carboxylic acids is 1. The highest BCUT2D eigenvalue weighted by Gasteiger charge is 2.44. The number of hydrogen-bond acceptors (Lipinski definition) is 11. The van der Waals surface area contributed by atoms with Gasteiger partial charge in [0, 0.05) is 61.2 Å². The van der Waals surface area contributed by atoms with Crippen LogP contribution in [0.25, 0.3) is 0 Å². The van der Waals surface area contributed by atoms with Gasteiger partial charge in [0.05, 0.1) is 19.5 Å². The summed E-state index contributed by atoms with van der Waals surface area (Å²) in [4.78, 5) is 74.9. The monoisotopic (exact) mass is 979 g/mol. The predicted molar refractivity (Wildman–Crippen MR) is 271 cm³/mol. The zero-order valence-electron chi connectivity index (χ0n) is 41.1. The van der Waals surface area contributed by atoms with Crippen LogP contribution in [0.5, 0.6) is 5.75 Å². The van der Waals surface area contributed by atoms with Crippen molar-refractivity contribution in [1.29, 1.82) is 0 Å². The molecule has 0 saturated carbocycles. The van der Waals surface area contributed by atoms with E-state index >= 15 is 4.79 Å². The molecule has 3 aromatic rings. The molecule has 2 aromatic carbocycles. The Balaban J connectivity index is 1.58. The van der Waals surface area contributed by atoms with Crippen LogP contribution in [-0.2, 0) is 36.9 Å². The van der Waals surface area contributed by atoms with Crippen LogP contribution in [0.2, 0.25) is 0 Å². The summed E-state index contributed by atoms with van der Waals surface area (Å²) >= 11 is 1.35. The number of amides is 2. The van der Waals surface area contributed by atoms with Crippen molar-refractivity contribution in [1.82, 2.24) is 15.2 Å². The van der Waals surface area contributed by atoms with Crippen molar-refractivity contribution in [2.45, 2.75) is 149 Å². The fourth-order valence-electron chi connectivity index (χ4n) is 9.07. The van der Waals surface area contributed by atoms with Crippen LogP contribution >= 0.6 is 32.9 Å². The minimum Gasteiger partial charge on any atom is -0.508 e. The molecular formula is C52H75N4O8S3+. The number of carboxylic acids is 1. The summed E-state index contributed by atoms with van der Waals surface area (Å²) in [5.41, 5.74) is 2.32. The first-order chi connectivity index (χ1) is 31.9. The number of aromatic nitrogens is 1. The van der Waals surface area contributed by atoms with E-state index in [9.17, 15) is 29.4 Å². The normalized spacial score (nSPS) is 19.0. The third-order valence-corrected chi connectivity index (χ3v) is 16.3. The van der Waals surface area contributed by atoms with Crippen LogP contribution in [0, 0.1) is 23.7 Å². The summed E-state index contributed by atoms with van der Waals surface area (Å²) < 4.78 is 6.92. The summed E-state index contributed by atoms with van der Waals surface area (Å²) in [6.45, 7) is 17.7. The maximum Gasteiger partial charge on any atom is 0.306 e. The molecule has 1 aliphatic rings. The van der Waals surface area contributed by atoms with Crippen LogP contribution in [0.4, 0.5) is 0 Å². The maximum absolute atomic E-state index is 15.2. The van der Waals surface area contributed by atoms with Gasteiger partial charge in [-0.25, -0.2) is 4.98 Å². The van der Waals surface area contributed by atoms with Crippen molar-refractivity contribution >= 4 is 61.6 Å². The molecule has 3 N–H and O–H groups in total. The highest BCUT2D eigenvalue weighted by molar-refractivity contribution is 8.82. The van der Waals surface area contributed by atoms with Crippen molar-refractivity contribution in [3.63, 3.8) is 0 Å². The highest BCUT2D eigenvalue weighted by atomic mass is 33.1. The SMILES string of the molecule is CC/C=C/CN(C(=O)[C@@H](NC(=O)[C@H]1CCCC[N+]1(C)Cc1ccc(SSC(C)=O)cc1)C(C)CC)[C@H](C[C@@H](OCC)c1nc(C(=O)C[C@@H](Cc2ccc(O)cc2)C[C@H](C)C(=O)O)cs1)C(C)C. The van der Waals surface area contributed by atoms with Crippen LogP contribution < -0.4 is 5.32 Å². The van der Waals surface area contributed by atoms with Crippen LogP contribution in [0.1, 0.15) is 139 Å².